The van der Waals surface area contributed by atoms with Crippen molar-refractivity contribution in [3.63, 3.8) is 0 Å². The molecule has 108 valence electrons. The molecule has 0 saturated carbocycles. The van der Waals surface area contributed by atoms with Gasteiger partial charge in [0.2, 0.25) is 5.91 Å². The van der Waals surface area contributed by atoms with Gasteiger partial charge in [-0.05, 0) is 24.2 Å². The molecule has 0 aliphatic rings. The molecule has 0 rings (SSSR count). The van der Waals surface area contributed by atoms with Crippen molar-refractivity contribution >= 4 is 5.91 Å². The van der Waals surface area contributed by atoms with Crippen LogP contribution in [0.25, 0.3) is 0 Å². The van der Waals surface area contributed by atoms with E-state index in [0.29, 0.717) is 6.54 Å². The molecule has 1 atom stereocenters. The molecule has 3 nitrogen and oxygen atoms in total. The van der Waals surface area contributed by atoms with Crippen molar-refractivity contribution in [2.45, 2.75) is 60.3 Å². The first kappa shape index (κ1) is 17.4. The van der Waals surface area contributed by atoms with Crippen molar-refractivity contribution in [2.24, 2.45) is 23.0 Å². The zero-order valence-electron chi connectivity index (χ0n) is 12.9. The Balaban J connectivity index is 3.84. The highest BCUT2D eigenvalue weighted by Gasteiger charge is 2.23. The van der Waals surface area contributed by atoms with Gasteiger partial charge in [0.05, 0.1) is 5.92 Å². The molecule has 0 spiro atoms. The lowest BCUT2D eigenvalue weighted by Gasteiger charge is -2.24. The van der Waals surface area contributed by atoms with E-state index < -0.39 is 0 Å². The Morgan fingerprint density at radius 3 is 2.28 bits per heavy atom. The fourth-order valence-electron chi connectivity index (χ4n) is 2.06. The lowest BCUT2D eigenvalue weighted by molar-refractivity contribution is -0.125. The van der Waals surface area contributed by atoms with E-state index in [1.165, 1.54) is 12.8 Å². The van der Waals surface area contributed by atoms with E-state index in [4.69, 9.17) is 5.73 Å². The summed E-state index contributed by atoms with van der Waals surface area (Å²) in [6.07, 6.45) is 4.33. The summed E-state index contributed by atoms with van der Waals surface area (Å²) in [5.74, 6) is 0.824. The number of unbranched alkanes of at least 4 members (excludes halogenated alkanes) is 1. The summed E-state index contributed by atoms with van der Waals surface area (Å²) in [6.45, 7) is 12.1. The van der Waals surface area contributed by atoms with E-state index in [1.54, 1.807) is 0 Å². The molecule has 18 heavy (non-hydrogen) atoms. The zero-order valence-corrected chi connectivity index (χ0v) is 12.9. The molecule has 0 fully saturated rings. The van der Waals surface area contributed by atoms with Gasteiger partial charge in [0.25, 0.3) is 0 Å². The van der Waals surface area contributed by atoms with Gasteiger partial charge >= 0.3 is 0 Å². The van der Waals surface area contributed by atoms with Crippen LogP contribution in [-0.2, 0) is 4.79 Å². The topological polar surface area (TPSA) is 55.1 Å². The van der Waals surface area contributed by atoms with Crippen molar-refractivity contribution in [1.82, 2.24) is 5.32 Å². The fraction of sp³-hybridized carbons (Fsp3) is 0.933. The van der Waals surface area contributed by atoms with E-state index in [9.17, 15) is 4.79 Å². The summed E-state index contributed by atoms with van der Waals surface area (Å²) in [7, 11) is 0. The maximum Gasteiger partial charge on any atom is 0.224 e. The van der Waals surface area contributed by atoms with E-state index in [2.05, 4.69) is 39.9 Å². The van der Waals surface area contributed by atoms with Gasteiger partial charge in [0.15, 0.2) is 0 Å². The molecule has 0 aromatic heterocycles. The third-order valence-corrected chi connectivity index (χ3v) is 3.02. The Morgan fingerprint density at radius 2 is 1.83 bits per heavy atom. The molecule has 0 aliphatic carbocycles. The summed E-state index contributed by atoms with van der Waals surface area (Å²) in [4.78, 5) is 12.0. The van der Waals surface area contributed by atoms with Crippen molar-refractivity contribution in [1.29, 1.82) is 0 Å². The third kappa shape index (κ3) is 9.46. The SMILES string of the molecule is CC(C)CCCCNC(=O)C(CN)CC(C)(C)C. The molecular formula is C15H32N2O. The Bertz CT molecular complexity index is 231. The van der Waals surface area contributed by atoms with Gasteiger partial charge in [-0.3, -0.25) is 4.79 Å². The molecule has 0 bridgehead atoms. The Labute approximate surface area is 113 Å². The van der Waals surface area contributed by atoms with Crippen LogP contribution in [-0.4, -0.2) is 19.0 Å². The fourth-order valence-corrected chi connectivity index (χ4v) is 2.06. The number of rotatable bonds is 8. The molecule has 3 N–H and O–H groups in total. The first-order chi connectivity index (χ1) is 8.26. The highest BCUT2D eigenvalue weighted by Crippen LogP contribution is 2.23. The van der Waals surface area contributed by atoms with Gasteiger partial charge in [-0.1, -0.05) is 47.5 Å². The largest absolute Gasteiger partial charge is 0.356 e. The van der Waals surface area contributed by atoms with Crippen molar-refractivity contribution in [2.75, 3.05) is 13.1 Å². The number of carbonyl (C=O) groups excluding carboxylic acids is 1. The average molecular weight is 256 g/mol. The maximum absolute atomic E-state index is 12.0. The standard InChI is InChI=1S/C15H32N2O/c1-12(2)8-6-7-9-17-14(18)13(11-16)10-15(3,4)5/h12-13H,6-11,16H2,1-5H3,(H,17,18). The van der Waals surface area contributed by atoms with Crippen LogP contribution in [0.1, 0.15) is 60.3 Å². The van der Waals surface area contributed by atoms with Gasteiger partial charge in [0.1, 0.15) is 0 Å². The number of amides is 1. The molecule has 0 heterocycles. The van der Waals surface area contributed by atoms with E-state index >= 15 is 0 Å². The zero-order chi connectivity index (χ0) is 14.2. The molecule has 0 aromatic rings. The molecule has 1 unspecified atom stereocenters. The minimum Gasteiger partial charge on any atom is -0.356 e. The summed E-state index contributed by atoms with van der Waals surface area (Å²) in [6, 6.07) is 0. The second-order valence-electron chi connectivity index (χ2n) is 6.88. The molecule has 0 aromatic carbocycles. The van der Waals surface area contributed by atoms with Crippen molar-refractivity contribution < 1.29 is 4.79 Å². The van der Waals surface area contributed by atoms with Crippen LogP contribution in [0.2, 0.25) is 0 Å². The number of nitrogens with two attached hydrogens (primary N) is 1. The number of nitrogens with one attached hydrogen (secondary N) is 1. The molecule has 3 heteroatoms. The average Bonchev–Trinajstić information content (AvgIpc) is 2.23. The van der Waals surface area contributed by atoms with Crippen molar-refractivity contribution in [3.05, 3.63) is 0 Å². The maximum atomic E-state index is 12.0. The predicted octanol–water partition coefficient (Wildman–Crippen LogP) is 2.94. The number of carbonyl (C=O) groups is 1. The first-order valence-electron chi connectivity index (χ1n) is 7.24. The second-order valence-corrected chi connectivity index (χ2v) is 6.88. The third-order valence-electron chi connectivity index (χ3n) is 3.02. The van der Waals surface area contributed by atoms with Crippen molar-refractivity contribution in [3.8, 4) is 0 Å². The van der Waals surface area contributed by atoms with Crippen LogP contribution >= 0.6 is 0 Å². The van der Waals surface area contributed by atoms with Crippen LogP contribution < -0.4 is 11.1 Å². The second kappa shape index (κ2) is 8.52. The van der Waals surface area contributed by atoms with Crippen LogP contribution in [0.3, 0.4) is 0 Å². The van der Waals surface area contributed by atoms with Crippen LogP contribution in [0, 0.1) is 17.3 Å². The summed E-state index contributed by atoms with van der Waals surface area (Å²) in [5.41, 5.74) is 5.84. The van der Waals surface area contributed by atoms with Gasteiger partial charge in [0, 0.05) is 13.1 Å². The van der Waals surface area contributed by atoms with Crippen LogP contribution in [0.5, 0.6) is 0 Å². The van der Waals surface area contributed by atoms with Gasteiger partial charge in [-0.15, -0.1) is 0 Å². The van der Waals surface area contributed by atoms with Gasteiger partial charge in [-0.25, -0.2) is 0 Å². The highest BCUT2D eigenvalue weighted by atomic mass is 16.1. The van der Waals surface area contributed by atoms with E-state index in [-0.39, 0.29) is 17.2 Å². The quantitative estimate of drug-likeness (QED) is 0.656. The monoisotopic (exact) mass is 256 g/mol. The molecular weight excluding hydrogens is 224 g/mol. The number of hydrogen-bond donors (Lipinski definition) is 2. The Morgan fingerprint density at radius 1 is 1.22 bits per heavy atom. The van der Waals surface area contributed by atoms with E-state index in [1.807, 2.05) is 0 Å². The number of hydrogen-bond acceptors (Lipinski definition) is 2. The highest BCUT2D eigenvalue weighted by molar-refractivity contribution is 5.78. The molecule has 1 amide bonds. The minimum atomic E-state index is -0.0462. The normalized spacial score (nSPS) is 13.7. The Kier molecular flexibility index (Phi) is 8.25. The van der Waals surface area contributed by atoms with Gasteiger partial charge < -0.3 is 11.1 Å². The summed E-state index contributed by atoms with van der Waals surface area (Å²) >= 11 is 0. The lowest BCUT2D eigenvalue weighted by Crippen LogP contribution is -2.37. The molecule has 0 radical (unpaired) electrons. The minimum absolute atomic E-state index is 0.0462. The molecule has 0 aliphatic heterocycles. The molecule has 0 saturated heterocycles. The summed E-state index contributed by atoms with van der Waals surface area (Å²) < 4.78 is 0. The first-order valence-corrected chi connectivity index (χ1v) is 7.24. The van der Waals surface area contributed by atoms with Crippen LogP contribution in [0.15, 0.2) is 0 Å². The Hall–Kier alpha value is -0.570. The lowest BCUT2D eigenvalue weighted by atomic mass is 9.84. The van der Waals surface area contributed by atoms with Crippen LogP contribution in [0.4, 0.5) is 0 Å². The smallest absolute Gasteiger partial charge is 0.224 e. The summed E-state index contributed by atoms with van der Waals surface area (Å²) in [5, 5.41) is 3.01. The van der Waals surface area contributed by atoms with Gasteiger partial charge in [-0.2, -0.15) is 0 Å². The van der Waals surface area contributed by atoms with E-state index in [0.717, 1.165) is 25.3 Å². The predicted molar refractivity (Wildman–Crippen MR) is 78.3 cm³/mol.